The standard InChI is InChI=1S/C11H9F2N3O/c12-11(13)10-9(14-7-17)6-16(15-10)8-4-2-1-3-5-8/h1-7,11H,(H,14,17). The third-order valence-corrected chi connectivity index (χ3v) is 2.18. The number of para-hydroxylation sites is 1. The molecule has 0 saturated carbocycles. The molecule has 0 aliphatic rings. The molecule has 88 valence electrons. The minimum absolute atomic E-state index is 0.0128. The van der Waals surface area contributed by atoms with Gasteiger partial charge in [0.05, 0.1) is 17.6 Å². The summed E-state index contributed by atoms with van der Waals surface area (Å²) in [7, 11) is 0. The van der Waals surface area contributed by atoms with Gasteiger partial charge < -0.3 is 5.32 Å². The molecule has 0 bridgehead atoms. The molecule has 0 radical (unpaired) electrons. The number of nitrogens with one attached hydrogen (secondary N) is 1. The van der Waals surface area contributed by atoms with E-state index in [9.17, 15) is 13.6 Å². The van der Waals surface area contributed by atoms with Gasteiger partial charge in [-0.1, -0.05) is 18.2 Å². The van der Waals surface area contributed by atoms with Crippen LogP contribution in [0.1, 0.15) is 12.1 Å². The minimum atomic E-state index is -2.73. The van der Waals surface area contributed by atoms with Crippen molar-refractivity contribution in [1.82, 2.24) is 9.78 Å². The van der Waals surface area contributed by atoms with E-state index in [0.717, 1.165) is 0 Å². The molecule has 1 aromatic carbocycles. The second-order valence-electron chi connectivity index (χ2n) is 3.27. The van der Waals surface area contributed by atoms with Crippen molar-refractivity contribution in [3.8, 4) is 5.69 Å². The number of halogens is 2. The molecule has 0 aliphatic heterocycles. The lowest BCUT2D eigenvalue weighted by Crippen LogP contribution is -1.97. The van der Waals surface area contributed by atoms with E-state index in [2.05, 4.69) is 10.4 Å². The summed E-state index contributed by atoms with van der Waals surface area (Å²) in [6, 6.07) is 8.81. The lowest BCUT2D eigenvalue weighted by Gasteiger charge is -1.98. The highest BCUT2D eigenvalue weighted by Gasteiger charge is 2.18. The fourth-order valence-electron chi connectivity index (χ4n) is 1.44. The maximum Gasteiger partial charge on any atom is 0.284 e. The molecule has 1 N–H and O–H groups in total. The Balaban J connectivity index is 2.43. The molecule has 2 aromatic rings. The molecule has 2 rings (SSSR count). The van der Waals surface area contributed by atoms with Gasteiger partial charge in [0.15, 0.2) is 5.69 Å². The van der Waals surface area contributed by atoms with E-state index in [-0.39, 0.29) is 5.69 Å². The van der Waals surface area contributed by atoms with Crippen LogP contribution >= 0.6 is 0 Å². The van der Waals surface area contributed by atoms with Crippen LogP contribution in [0, 0.1) is 0 Å². The number of rotatable bonds is 4. The average Bonchev–Trinajstić information content (AvgIpc) is 2.75. The summed E-state index contributed by atoms with van der Waals surface area (Å²) in [5.74, 6) is 0. The van der Waals surface area contributed by atoms with E-state index in [1.165, 1.54) is 10.9 Å². The first-order valence-electron chi connectivity index (χ1n) is 4.85. The predicted molar refractivity (Wildman–Crippen MR) is 58.2 cm³/mol. The summed E-state index contributed by atoms with van der Waals surface area (Å²) in [5, 5.41) is 5.95. The lowest BCUT2D eigenvalue weighted by atomic mass is 10.3. The van der Waals surface area contributed by atoms with Gasteiger partial charge in [-0.2, -0.15) is 5.10 Å². The molecule has 0 spiro atoms. The summed E-state index contributed by atoms with van der Waals surface area (Å²) in [4.78, 5) is 10.3. The van der Waals surface area contributed by atoms with Crippen LogP contribution in [0.2, 0.25) is 0 Å². The van der Waals surface area contributed by atoms with Gasteiger partial charge in [-0.25, -0.2) is 13.5 Å². The van der Waals surface area contributed by atoms with Crippen LogP contribution in [0.15, 0.2) is 36.5 Å². The highest BCUT2D eigenvalue weighted by atomic mass is 19.3. The number of hydrogen-bond donors (Lipinski definition) is 1. The smallest absolute Gasteiger partial charge is 0.284 e. The number of carbonyl (C=O) groups is 1. The van der Waals surface area contributed by atoms with Crippen molar-refractivity contribution in [3.05, 3.63) is 42.2 Å². The predicted octanol–water partition coefficient (Wildman–Crippen LogP) is 2.38. The quantitative estimate of drug-likeness (QED) is 0.830. The monoisotopic (exact) mass is 237 g/mol. The molecule has 4 nitrogen and oxygen atoms in total. The number of anilines is 1. The van der Waals surface area contributed by atoms with Crippen LogP contribution in [0.25, 0.3) is 5.69 Å². The van der Waals surface area contributed by atoms with Crippen molar-refractivity contribution in [1.29, 1.82) is 0 Å². The SMILES string of the molecule is O=CNc1cn(-c2ccccc2)nc1C(F)F. The number of benzene rings is 1. The zero-order chi connectivity index (χ0) is 12.3. The van der Waals surface area contributed by atoms with Crippen LogP contribution in [-0.4, -0.2) is 16.2 Å². The van der Waals surface area contributed by atoms with Crippen molar-refractivity contribution in [3.63, 3.8) is 0 Å². The normalized spacial score (nSPS) is 10.5. The molecule has 17 heavy (non-hydrogen) atoms. The van der Waals surface area contributed by atoms with Crippen LogP contribution in [0.5, 0.6) is 0 Å². The third kappa shape index (κ3) is 2.30. The summed E-state index contributed by atoms with van der Waals surface area (Å²) in [6.45, 7) is 0. The maximum atomic E-state index is 12.6. The largest absolute Gasteiger partial charge is 0.326 e. The Labute approximate surface area is 95.9 Å². The molecule has 1 aromatic heterocycles. The van der Waals surface area contributed by atoms with Gasteiger partial charge in [-0.05, 0) is 12.1 Å². The Bertz CT molecular complexity index is 511. The number of carbonyl (C=O) groups excluding carboxylic acids is 1. The molecular weight excluding hydrogens is 228 g/mol. The van der Waals surface area contributed by atoms with Gasteiger partial charge in [-0.15, -0.1) is 0 Å². The summed E-state index contributed by atoms with van der Waals surface area (Å²) in [5.41, 5.74) is 0.216. The molecule has 0 aliphatic carbocycles. The number of alkyl halides is 2. The van der Waals surface area contributed by atoms with E-state index in [1.54, 1.807) is 24.3 Å². The molecule has 0 saturated heterocycles. The van der Waals surface area contributed by atoms with Gasteiger partial charge in [0, 0.05) is 0 Å². The highest BCUT2D eigenvalue weighted by molar-refractivity contribution is 5.72. The van der Waals surface area contributed by atoms with E-state index in [0.29, 0.717) is 12.1 Å². The van der Waals surface area contributed by atoms with Crippen molar-refractivity contribution in [2.75, 3.05) is 5.32 Å². The highest BCUT2D eigenvalue weighted by Crippen LogP contribution is 2.26. The summed E-state index contributed by atoms with van der Waals surface area (Å²) >= 11 is 0. The van der Waals surface area contributed by atoms with Crippen LogP contribution < -0.4 is 5.32 Å². The fourth-order valence-corrected chi connectivity index (χ4v) is 1.44. The van der Waals surface area contributed by atoms with Gasteiger partial charge in [0.2, 0.25) is 6.41 Å². The first-order chi connectivity index (χ1) is 8.22. The lowest BCUT2D eigenvalue weighted by molar-refractivity contribution is -0.105. The molecule has 6 heteroatoms. The molecule has 1 heterocycles. The average molecular weight is 237 g/mol. The maximum absolute atomic E-state index is 12.6. The van der Waals surface area contributed by atoms with Gasteiger partial charge in [0.25, 0.3) is 6.43 Å². The van der Waals surface area contributed by atoms with Crippen LogP contribution in [0.3, 0.4) is 0 Å². The molecule has 0 atom stereocenters. The topological polar surface area (TPSA) is 46.9 Å². The Morgan fingerprint density at radius 2 is 2.00 bits per heavy atom. The number of amides is 1. The van der Waals surface area contributed by atoms with Gasteiger partial charge >= 0.3 is 0 Å². The number of nitrogens with zero attached hydrogens (tertiary/aromatic N) is 2. The van der Waals surface area contributed by atoms with E-state index >= 15 is 0 Å². The van der Waals surface area contributed by atoms with Crippen molar-refractivity contribution >= 4 is 12.1 Å². The Morgan fingerprint density at radius 1 is 1.29 bits per heavy atom. The number of hydrogen-bond acceptors (Lipinski definition) is 2. The van der Waals surface area contributed by atoms with E-state index in [4.69, 9.17) is 0 Å². The third-order valence-electron chi connectivity index (χ3n) is 2.18. The Kier molecular flexibility index (Phi) is 3.13. The van der Waals surface area contributed by atoms with E-state index in [1.807, 2.05) is 6.07 Å². The van der Waals surface area contributed by atoms with Crippen molar-refractivity contribution < 1.29 is 13.6 Å². The first kappa shape index (κ1) is 11.3. The summed E-state index contributed by atoms with van der Waals surface area (Å²) < 4.78 is 26.6. The zero-order valence-corrected chi connectivity index (χ0v) is 8.68. The van der Waals surface area contributed by atoms with Crippen LogP contribution in [0.4, 0.5) is 14.5 Å². The van der Waals surface area contributed by atoms with E-state index < -0.39 is 12.1 Å². The zero-order valence-electron chi connectivity index (χ0n) is 8.68. The minimum Gasteiger partial charge on any atom is -0.326 e. The summed E-state index contributed by atoms with van der Waals surface area (Å²) in [6.07, 6.45) is -1.04. The fraction of sp³-hybridized carbons (Fsp3) is 0.0909. The Morgan fingerprint density at radius 3 is 2.59 bits per heavy atom. The second kappa shape index (κ2) is 4.73. The number of aromatic nitrogens is 2. The van der Waals surface area contributed by atoms with Crippen LogP contribution in [-0.2, 0) is 4.79 Å². The van der Waals surface area contributed by atoms with Gasteiger partial charge in [-0.3, -0.25) is 4.79 Å². The van der Waals surface area contributed by atoms with Crippen molar-refractivity contribution in [2.24, 2.45) is 0 Å². The first-order valence-corrected chi connectivity index (χ1v) is 4.85. The molecule has 0 unspecified atom stereocenters. The Hall–Kier alpha value is -2.24. The molecule has 0 fully saturated rings. The van der Waals surface area contributed by atoms with Crippen molar-refractivity contribution in [2.45, 2.75) is 6.43 Å². The van der Waals surface area contributed by atoms with Gasteiger partial charge in [0.1, 0.15) is 0 Å². The molecule has 1 amide bonds. The molecular formula is C11H9F2N3O. The second-order valence-corrected chi connectivity index (χ2v) is 3.27.